The number of fused-ring (bicyclic) bond motifs is 1. The number of rotatable bonds is 4. The Morgan fingerprint density at radius 1 is 1.23 bits per heavy atom. The Hall–Kier alpha value is -1.50. The first-order valence-corrected chi connectivity index (χ1v) is 7.44. The molecule has 2 aliphatic heterocycles. The van der Waals surface area contributed by atoms with Crippen molar-refractivity contribution in [2.45, 2.75) is 0 Å². The molecule has 2 N–H and O–H groups in total. The molecule has 1 aromatic carbocycles. The van der Waals surface area contributed by atoms with Gasteiger partial charge in [-0.1, -0.05) is 6.07 Å². The first kappa shape index (κ1) is 16.9. The second-order valence-electron chi connectivity index (χ2n) is 5.18. The van der Waals surface area contributed by atoms with E-state index >= 15 is 0 Å². The van der Waals surface area contributed by atoms with E-state index in [9.17, 15) is 4.79 Å². The van der Waals surface area contributed by atoms with Gasteiger partial charge >= 0.3 is 0 Å². The summed E-state index contributed by atoms with van der Waals surface area (Å²) in [6, 6.07) is 5.42. The van der Waals surface area contributed by atoms with E-state index in [0.717, 1.165) is 32.7 Å². The third kappa shape index (κ3) is 4.03. The predicted molar refractivity (Wildman–Crippen MR) is 86.3 cm³/mol. The maximum Gasteiger partial charge on any atom is 0.255 e. The molecule has 1 amide bonds. The molecule has 0 unspecified atom stereocenters. The molecule has 1 aromatic rings. The summed E-state index contributed by atoms with van der Waals surface area (Å²) in [7, 11) is 0. The Balaban J connectivity index is 0.00000176. The van der Waals surface area contributed by atoms with Crippen LogP contribution in [0.3, 0.4) is 0 Å². The molecular weight excluding hydrogens is 306 g/mol. The fourth-order valence-corrected chi connectivity index (χ4v) is 2.61. The summed E-state index contributed by atoms with van der Waals surface area (Å²) in [6.45, 7) is 6.64. The van der Waals surface area contributed by atoms with Crippen LogP contribution in [-0.4, -0.2) is 63.3 Å². The molecule has 7 heteroatoms. The van der Waals surface area contributed by atoms with E-state index in [1.807, 2.05) is 12.1 Å². The number of piperazine rings is 1. The Labute approximate surface area is 136 Å². The quantitative estimate of drug-likeness (QED) is 0.844. The molecule has 0 atom stereocenters. The maximum absolute atomic E-state index is 12.3. The molecule has 1 fully saturated rings. The van der Waals surface area contributed by atoms with Crippen LogP contribution in [0.5, 0.6) is 11.5 Å². The van der Waals surface area contributed by atoms with Gasteiger partial charge in [0.2, 0.25) is 0 Å². The van der Waals surface area contributed by atoms with E-state index in [4.69, 9.17) is 9.47 Å². The van der Waals surface area contributed by atoms with Crippen LogP contribution in [0, 0.1) is 0 Å². The van der Waals surface area contributed by atoms with Crippen LogP contribution in [-0.2, 0) is 0 Å². The Bertz CT molecular complexity index is 507. The van der Waals surface area contributed by atoms with E-state index in [-0.39, 0.29) is 18.3 Å². The molecular formula is C15H22ClN3O3. The van der Waals surface area contributed by atoms with Crippen LogP contribution in [0.15, 0.2) is 18.2 Å². The lowest BCUT2D eigenvalue weighted by atomic mass is 10.1. The lowest BCUT2D eigenvalue weighted by molar-refractivity contribution is 0.0936. The molecule has 0 saturated carbocycles. The number of hydrogen-bond acceptors (Lipinski definition) is 5. The topological polar surface area (TPSA) is 62.8 Å². The van der Waals surface area contributed by atoms with Gasteiger partial charge in [0, 0.05) is 39.3 Å². The van der Waals surface area contributed by atoms with E-state index in [0.29, 0.717) is 36.8 Å². The average molecular weight is 328 g/mol. The van der Waals surface area contributed by atoms with Crippen molar-refractivity contribution >= 4 is 18.3 Å². The number of carbonyl (C=O) groups is 1. The summed E-state index contributed by atoms with van der Waals surface area (Å²) < 4.78 is 11.1. The fraction of sp³-hybridized carbons (Fsp3) is 0.533. The van der Waals surface area contributed by atoms with Crippen LogP contribution in [0.2, 0.25) is 0 Å². The summed E-state index contributed by atoms with van der Waals surface area (Å²) in [5.74, 6) is 1.10. The molecule has 2 aliphatic rings. The molecule has 6 nitrogen and oxygen atoms in total. The van der Waals surface area contributed by atoms with E-state index in [2.05, 4.69) is 15.5 Å². The normalized spacial score (nSPS) is 17.5. The van der Waals surface area contributed by atoms with Crippen LogP contribution in [0.25, 0.3) is 0 Å². The molecule has 0 aromatic heterocycles. The number of para-hydroxylation sites is 1. The van der Waals surface area contributed by atoms with Gasteiger partial charge in [-0.25, -0.2) is 0 Å². The third-order valence-electron chi connectivity index (χ3n) is 3.73. The van der Waals surface area contributed by atoms with Crippen molar-refractivity contribution in [1.82, 2.24) is 15.5 Å². The number of halogens is 1. The maximum atomic E-state index is 12.3. The predicted octanol–water partition coefficient (Wildman–Crippen LogP) is 0.515. The number of nitrogens with one attached hydrogen (secondary N) is 2. The highest BCUT2D eigenvalue weighted by atomic mass is 35.5. The van der Waals surface area contributed by atoms with Crippen molar-refractivity contribution in [3.05, 3.63) is 23.8 Å². The first-order chi connectivity index (χ1) is 10.3. The molecule has 1 saturated heterocycles. The lowest BCUT2D eigenvalue weighted by Crippen LogP contribution is -2.46. The lowest BCUT2D eigenvalue weighted by Gasteiger charge is -2.27. The zero-order valence-corrected chi connectivity index (χ0v) is 13.3. The third-order valence-corrected chi connectivity index (χ3v) is 3.73. The molecule has 0 radical (unpaired) electrons. The van der Waals surface area contributed by atoms with Gasteiger partial charge in [0.15, 0.2) is 11.5 Å². The second kappa shape index (κ2) is 8.22. The van der Waals surface area contributed by atoms with Gasteiger partial charge in [-0.15, -0.1) is 12.4 Å². The van der Waals surface area contributed by atoms with Crippen molar-refractivity contribution in [2.75, 3.05) is 52.5 Å². The smallest absolute Gasteiger partial charge is 0.255 e. The second-order valence-corrected chi connectivity index (χ2v) is 5.18. The Morgan fingerprint density at radius 3 is 2.82 bits per heavy atom. The number of nitrogens with zero attached hydrogens (tertiary/aromatic N) is 1. The minimum Gasteiger partial charge on any atom is -0.486 e. The summed E-state index contributed by atoms with van der Waals surface area (Å²) >= 11 is 0. The molecule has 122 valence electrons. The van der Waals surface area contributed by atoms with Gasteiger partial charge in [0.1, 0.15) is 13.2 Å². The molecule has 0 aliphatic carbocycles. The Morgan fingerprint density at radius 2 is 2.00 bits per heavy atom. The zero-order valence-electron chi connectivity index (χ0n) is 12.5. The van der Waals surface area contributed by atoms with E-state index < -0.39 is 0 Å². The SMILES string of the molecule is Cl.O=C(NCCN1CCNCC1)c1cccc2c1OCCO2. The van der Waals surface area contributed by atoms with Gasteiger partial charge in [0.25, 0.3) is 5.91 Å². The standard InChI is InChI=1S/C15H21N3O3.ClH/c19-15(17-6-9-18-7-4-16-5-8-18)12-2-1-3-13-14(12)21-11-10-20-13;/h1-3,16H,4-11H2,(H,17,19);1H. The van der Waals surface area contributed by atoms with Gasteiger partial charge in [-0.3, -0.25) is 9.69 Å². The highest BCUT2D eigenvalue weighted by Gasteiger charge is 2.20. The largest absolute Gasteiger partial charge is 0.486 e. The summed E-state index contributed by atoms with van der Waals surface area (Å²) in [6.07, 6.45) is 0. The van der Waals surface area contributed by atoms with Gasteiger partial charge < -0.3 is 20.1 Å². The minimum absolute atomic E-state index is 0. The number of carbonyl (C=O) groups excluding carboxylic acids is 1. The monoisotopic (exact) mass is 327 g/mol. The van der Waals surface area contributed by atoms with Crippen LogP contribution in [0.4, 0.5) is 0 Å². The van der Waals surface area contributed by atoms with Crippen LogP contribution < -0.4 is 20.1 Å². The van der Waals surface area contributed by atoms with Crippen molar-refractivity contribution in [1.29, 1.82) is 0 Å². The molecule has 0 bridgehead atoms. The van der Waals surface area contributed by atoms with Crippen LogP contribution in [0.1, 0.15) is 10.4 Å². The molecule has 3 rings (SSSR count). The highest BCUT2D eigenvalue weighted by Crippen LogP contribution is 2.33. The summed E-state index contributed by atoms with van der Waals surface area (Å²) in [5.41, 5.74) is 0.549. The highest BCUT2D eigenvalue weighted by molar-refractivity contribution is 5.97. The zero-order chi connectivity index (χ0) is 14.5. The summed E-state index contributed by atoms with van der Waals surface area (Å²) in [4.78, 5) is 14.6. The number of ether oxygens (including phenoxy) is 2. The van der Waals surface area contributed by atoms with Gasteiger partial charge in [-0.05, 0) is 12.1 Å². The molecule has 0 spiro atoms. The first-order valence-electron chi connectivity index (χ1n) is 7.44. The van der Waals surface area contributed by atoms with Crippen molar-refractivity contribution in [3.8, 4) is 11.5 Å². The number of hydrogen-bond donors (Lipinski definition) is 2. The van der Waals surface area contributed by atoms with Gasteiger partial charge in [0.05, 0.1) is 5.56 Å². The minimum atomic E-state index is -0.104. The number of benzene rings is 1. The Kier molecular flexibility index (Phi) is 6.30. The summed E-state index contributed by atoms with van der Waals surface area (Å²) in [5, 5.41) is 6.27. The van der Waals surface area contributed by atoms with E-state index in [1.54, 1.807) is 6.07 Å². The number of amides is 1. The van der Waals surface area contributed by atoms with Crippen molar-refractivity contribution in [3.63, 3.8) is 0 Å². The van der Waals surface area contributed by atoms with Crippen molar-refractivity contribution in [2.24, 2.45) is 0 Å². The molecule has 22 heavy (non-hydrogen) atoms. The van der Waals surface area contributed by atoms with Crippen molar-refractivity contribution < 1.29 is 14.3 Å². The molecule has 2 heterocycles. The average Bonchev–Trinajstić information content (AvgIpc) is 2.55. The van der Waals surface area contributed by atoms with E-state index in [1.165, 1.54) is 0 Å². The van der Waals surface area contributed by atoms with Gasteiger partial charge in [-0.2, -0.15) is 0 Å². The van der Waals surface area contributed by atoms with Crippen LogP contribution >= 0.6 is 12.4 Å². The fourth-order valence-electron chi connectivity index (χ4n) is 2.61.